The molecule has 0 spiro atoms. The van der Waals surface area contributed by atoms with E-state index < -0.39 is 5.41 Å². The van der Waals surface area contributed by atoms with E-state index in [-0.39, 0.29) is 0 Å². The van der Waals surface area contributed by atoms with Crippen LogP contribution in [0.3, 0.4) is 0 Å². The minimum atomic E-state index is -0.582. The highest BCUT2D eigenvalue weighted by Gasteiger charge is 2.48. The van der Waals surface area contributed by atoms with Gasteiger partial charge in [-0.3, -0.25) is 0 Å². The molecule has 0 fully saturated rings. The molecule has 0 radical (unpaired) electrons. The number of fused-ring (bicyclic) bond motifs is 3. The second-order valence-electron chi connectivity index (χ2n) is 19.2. The van der Waals surface area contributed by atoms with E-state index in [1.165, 1.54) is 61.2 Å². The summed E-state index contributed by atoms with van der Waals surface area (Å²) in [6, 6.07) is 115. The van der Waals surface area contributed by atoms with Crippen LogP contribution in [0.4, 0.5) is 34.1 Å². The van der Waals surface area contributed by atoms with Gasteiger partial charge in [-0.1, -0.05) is 237 Å². The van der Waals surface area contributed by atoms with Crippen LogP contribution in [0, 0.1) is 0 Å². The number of hydrogen-bond acceptors (Lipinski definition) is 2. The molecule has 0 bridgehead atoms. The van der Waals surface area contributed by atoms with Gasteiger partial charge in [0.1, 0.15) is 0 Å². The first-order valence-corrected chi connectivity index (χ1v) is 25.8. The van der Waals surface area contributed by atoms with Crippen molar-refractivity contribution in [2.24, 2.45) is 0 Å². The highest BCUT2D eigenvalue weighted by Crippen LogP contribution is 2.60. The van der Waals surface area contributed by atoms with Gasteiger partial charge in [-0.2, -0.15) is 0 Å². The predicted octanol–water partition coefficient (Wildman–Crippen LogP) is 19.7. The van der Waals surface area contributed by atoms with Crippen LogP contribution in [-0.4, -0.2) is 0 Å². The van der Waals surface area contributed by atoms with E-state index in [1.807, 2.05) is 0 Å². The number of benzene rings is 12. The van der Waals surface area contributed by atoms with Crippen molar-refractivity contribution in [2.45, 2.75) is 5.41 Å². The third kappa shape index (κ3) is 8.10. The van der Waals surface area contributed by atoms with Gasteiger partial charge in [-0.15, -0.1) is 0 Å². The Morgan fingerprint density at radius 3 is 0.973 bits per heavy atom. The van der Waals surface area contributed by atoms with Gasteiger partial charge in [0.05, 0.1) is 11.1 Å². The fourth-order valence-electron chi connectivity index (χ4n) is 11.6. The molecule has 1 aliphatic carbocycles. The predicted molar refractivity (Wildman–Crippen MR) is 315 cm³/mol. The summed E-state index contributed by atoms with van der Waals surface area (Å²) in [5.41, 5.74) is 22.9. The summed E-state index contributed by atoms with van der Waals surface area (Å²) >= 11 is 0. The van der Waals surface area contributed by atoms with Gasteiger partial charge < -0.3 is 9.80 Å². The molecule has 12 aromatic rings. The van der Waals surface area contributed by atoms with Crippen LogP contribution in [0.15, 0.2) is 315 Å². The van der Waals surface area contributed by atoms with Gasteiger partial charge >= 0.3 is 0 Å². The summed E-state index contributed by atoms with van der Waals surface area (Å²) in [6.45, 7) is 0. The van der Waals surface area contributed by atoms with Crippen molar-refractivity contribution in [1.29, 1.82) is 0 Å². The quantitative estimate of drug-likeness (QED) is 0.120. The largest absolute Gasteiger partial charge is 0.311 e. The molecule has 12 aromatic carbocycles. The van der Waals surface area contributed by atoms with Crippen molar-refractivity contribution >= 4 is 34.1 Å². The molecule has 13 rings (SSSR count). The minimum absolute atomic E-state index is 0.582. The maximum Gasteiger partial charge on any atom is 0.0734 e. The van der Waals surface area contributed by atoms with Crippen LogP contribution in [-0.2, 0) is 5.41 Å². The second-order valence-corrected chi connectivity index (χ2v) is 19.2. The van der Waals surface area contributed by atoms with Gasteiger partial charge in [0.25, 0.3) is 0 Å². The van der Waals surface area contributed by atoms with Gasteiger partial charge in [-0.25, -0.2) is 0 Å². The van der Waals surface area contributed by atoms with E-state index >= 15 is 0 Å². The summed E-state index contributed by atoms with van der Waals surface area (Å²) in [4.78, 5) is 4.78. The summed E-state index contributed by atoms with van der Waals surface area (Å²) in [5, 5.41) is 0. The Morgan fingerprint density at radius 2 is 0.533 bits per heavy atom. The lowest BCUT2D eigenvalue weighted by Gasteiger charge is -2.37. The van der Waals surface area contributed by atoms with E-state index in [4.69, 9.17) is 0 Å². The van der Waals surface area contributed by atoms with E-state index in [9.17, 15) is 0 Å². The van der Waals surface area contributed by atoms with E-state index in [0.717, 1.165) is 50.8 Å². The van der Waals surface area contributed by atoms with Crippen LogP contribution >= 0.6 is 0 Å². The van der Waals surface area contributed by atoms with E-state index in [1.54, 1.807) is 0 Å². The Hall–Kier alpha value is -9.76. The molecule has 75 heavy (non-hydrogen) atoms. The van der Waals surface area contributed by atoms with E-state index in [2.05, 4.69) is 325 Å². The molecule has 0 aromatic heterocycles. The Bertz CT molecular complexity index is 3800. The van der Waals surface area contributed by atoms with Crippen molar-refractivity contribution in [3.63, 3.8) is 0 Å². The minimum Gasteiger partial charge on any atom is -0.311 e. The Balaban J connectivity index is 0.973. The maximum absolute atomic E-state index is 2.46. The molecule has 0 unspecified atom stereocenters. The highest BCUT2D eigenvalue weighted by atomic mass is 15.1. The molecule has 2 heteroatoms. The SMILES string of the molecule is c1ccc(-c2cc(-c3ccc(N(c4ccccc4)c4cccc5c4C(c4ccccc4)(c4ccccc4)c4ccccc4-5)cc3)c(-c3ccccc3)cc2-c2ccc(N(c3ccccc3)c3ccccc3)cc2)cc1. The average molecular weight is 957 g/mol. The lowest BCUT2D eigenvalue weighted by Crippen LogP contribution is -2.30. The van der Waals surface area contributed by atoms with Gasteiger partial charge in [-0.05, 0) is 151 Å². The average Bonchev–Trinajstić information content (AvgIpc) is 3.81. The van der Waals surface area contributed by atoms with Crippen LogP contribution in [0.5, 0.6) is 0 Å². The summed E-state index contributed by atoms with van der Waals surface area (Å²) < 4.78 is 0. The highest BCUT2D eigenvalue weighted by molar-refractivity contribution is 5.97. The molecule has 0 atom stereocenters. The monoisotopic (exact) mass is 956 g/mol. The topological polar surface area (TPSA) is 6.48 Å². The Morgan fingerprint density at radius 1 is 0.213 bits per heavy atom. The zero-order valence-electron chi connectivity index (χ0n) is 41.4. The summed E-state index contributed by atoms with van der Waals surface area (Å²) in [6.07, 6.45) is 0. The van der Waals surface area contributed by atoms with Crippen LogP contribution in [0.1, 0.15) is 22.3 Å². The summed E-state index contributed by atoms with van der Waals surface area (Å²) in [5.74, 6) is 0. The molecular weight excluding hydrogens is 905 g/mol. The normalized spacial score (nSPS) is 12.1. The molecule has 0 heterocycles. The van der Waals surface area contributed by atoms with Crippen molar-refractivity contribution in [2.75, 3.05) is 9.80 Å². The molecular formula is C73H52N2. The third-order valence-corrected chi connectivity index (χ3v) is 14.9. The first-order chi connectivity index (χ1) is 37.2. The maximum atomic E-state index is 2.46. The fraction of sp³-hybridized carbons (Fsp3) is 0.0137. The number of rotatable bonds is 12. The number of para-hydroxylation sites is 3. The zero-order chi connectivity index (χ0) is 50.0. The summed E-state index contributed by atoms with van der Waals surface area (Å²) in [7, 11) is 0. The zero-order valence-corrected chi connectivity index (χ0v) is 41.4. The van der Waals surface area contributed by atoms with E-state index in [0.29, 0.717) is 0 Å². The smallest absolute Gasteiger partial charge is 0.0734 e. The molecule has 0 N–H and O–H groups in total. The molecule has 0 saturated heterocycles. The lowest BCUT2D eigenvalue weighted by molar-refractivity contribution is 0.768. The first kappa shape index (κ1) is 45.1. The first-order valence-electron chi connectivity index (χ1n) is 25.8. The molecule has 0 saturated carbocycles. The molecule has 0 amide bonds. The standard InChI is InChI=1S/C73H52N2/c1-8-25-53(26-9-1)66-52-69(67(54-27-10-2-11-28-54)51-68(66)55-43-47-62(48-44-55)74(59-33-16-5-17-34-59)60-35-18-6-19-36-60)56-45-49-63(50-46-56)75(61-37-20-7-21-38-61)71-42-24-40-65-64-39-22-23-41-70(64)73(72(65)71,57-29-12-3-13-30-57)58-31-14-4-15-32-58/h1-52H. The Labute approximate surface area is 440 Å². The molecule has 1 aliphatic rings. The number of hydrogen-bond donors (Lipinski definition) is 0. The van der Waals surface area contributed by atoms with Crippen LogP contribution < -0.4 is 9.80 Å². The molecule has 2 nitrogen and oxygen atoms in total. The molecule has 0 aliphatic heterocycles. The van der Waals surface area contributed by atoms with Gasteiger partial charge in [0.2, 0.25) is 0 Å². The van der Waals surface area contributed by atoms with Gasteiger partial charge in [0, 0.05) is 34.0 Å². The van der Waals surface area contributed by atoms with Crippen molar-refractivity contribution < 1.29 is 0 Å². The number of anilines is 6. The third-order valence-electron chi connectivity index (χ3n) is 14.9. The second kappa shape index (κ2) is 19.7. The number of nitrogens with zero attached hydrogens (tertiary/aromatic N) is 2. The van der Waals surface area contributed by atoms with Crippen LogP contribution in [0.25, 0.3) is 55.6 Å². The van der Waals surface area contributed by atoms with Gasteiger partial charge in [0.15, 0.2) is 0 Å². The van der Waals surface area contributed by atoms with Crippen molar-refractivity contribution in [1.82, 2.24) is 0 Å². The van der Waals surface area contributed by atoms with Crippen molar-refractivity contribution in [3.8, 4) is 55.6 Å². The Kier molecular flexibility index (Phi) is 11.8. The lowest BCUT2D eigenvalue weighted by atomic mass is 9.67. The van der Waals surface area contributed by atoms with Crippen LogP contribution in [0.2, 0.25) is 0 Å². The molecule has 354 valence electrons. The van der Waals surface area contributed by atoms with Crippen molar-refractivity contribution in [3.05, 3.63) is 338 Å². The fourth-order valence-corrected chi connectivity index (χ4v) is 11.6.